The normalized spacial score (nSPS) is 16.8. The van der Waals surface area contributed by atoms with E-state index in [-0.39, 0.29) is 0 Å². The lowest BCUT2D eigenvalue weighted by atomic mass is 10.8. The van der Waals surface area contributed by atoms with Gasteiger partial charge in [0.1, 0.15) is 6.10 Å². The molecule has 1 aromatic heterocycles. The largest absolute Gasteiger partial charge is 0.459 e. The Kier molecular flexibility index (Phi) is 1.23. The van der Waals surface area contributed by atoms with Gasteiger partial charge in [0.15, 0.2) is 0 Å². The molecular formula is C6H7N3O. The molecule has 0 aromatic carbocycles. The van der Waals surface area contributed by atoms with Crippen molar-refractivity contribution in [3.63, 3.8) is 0 Å². The van der Waals surface area contributed by atoms with E-state index in [1.54, 1.807) is 6.20 Å². The van der Waals surface area contributed by atoms with Crippen molar-refractivity contribution in [2.45, 2.75) is 18.9 Å². The smallest absolute Gasteiger partial charge is 0.335 e. The minimum absolute atomic E-state index is 0.351. The molecule has 1 saturated carbocycles. The molecule has 0 radical (unpaired) electrons. The molecule has 1 heterocycles. The van der Waals surface area contributed by atoms with E-state index in [4.69, 9.17) is 4.74 Å². The first-order chi connectivity index (χ1) is 4.95. The number of hydrogen-bond acceptors (Lipinski definition) is 4. The molecule has 0 unspecified atom stereocenters. The highest BCUT2D eigenvalue weighted by atomic mass is 16.5. The summed E-state index contributed by atoms with van der Waals surface area (Å²) in [6.07, 6.45) is 5.70. The summed E-state index contributed by atoms with van der Waals surface area (Å²) in [7, 11) is 0. The minimum atomic E-state index is 0.351. The summed E-state index contributed by atoms with van der Waals surface area (Å²) in [6, 6.07) is 0.394. The van der Waals surface area contributed by atoms with E-state index in [0.717, 1.165) is 12.8 Å². The third-order valence-corrected chi connectivity index (χ3v) is 1.26. The number of aromatic nitrogens is 3. The van der Waals surface area contributed by atoms with E-state index < -0.39 is 0 Å². The zero-order valence-electron chi connectivity index (χ0n) is 5.40. The van der Waals surface area contributed by atoms with E-state index in [2.05, 4.69) is 15.2 Å². The molecule has 1 aliphatic carbocycles. The van der Waals surface area contributed by atoms with E-state index in [1.165, 1.54) is 6.20 Å². The van der Waals surface area contributed by atoms with E-state index in [0.29, 0.717) is 12.1 Å². The van der Waals surface area contributed by atoms with Crippen molar-refractivity contribution in [2.24, 2.45) is 0 Å². The summed E-state index contributed by atoms with van der Waals surface area (Å²) in [4.78, 5) is 3.86. The first kappa shape index (κ1) is 5.58. The van der Waals surface area contributed by atoms with Crippen LogP contribution in [0.2, 0.25) is 0 Å². The Bertz CT molecular complexity index is 209. The fraction of sp³-hybridized carbons (Fsp3) is 0.500. The molecule has 0 saturated heterocycles. The predicted octanol–water partition coefficient (Wildman–Crippen LogP) is 0.413. The highest BCUT2D eigenvalue weighted by molar-refractivity contribution is 4.91. The first-order valence-corrected chi connectivity index (χ1v) is 3.25. The van der Waals surface area contributed by atoms with Gasteiger partial charge in [0, 0.05) is 0 Å². The average molecular weight is 137 g/mol. The van der Waals surface area contributed by atoms with Crippen molar-refractivity contribution in [3.8, 4) is 6.01 Å². The van der Waals surface area contributed by atoms with Crippen LogP contribution in [0.25, 0.3) is 0 Å². The highest BCUT2D eigenvalue weighted by Gasteiger charge is 2.24. The Hall–Kier alpha value is -1.19. The van der Waals surface area contributed by atoms with Crippen LogP contribution in [0.4, 0.5) is 0 Å². The zero-order chi connectivity index (χ0) is 6.81. The Morgan fingerprint density at radius 2 is 2.30 bits per heavy atom. The summed E-state index contributed by atoms with van der Waals surface area (Å²) in [5.41, 5.74) is 0. The molecular weight excluding hydrogens is 130 g/mol. The average Bonchev–Trinajstić information content (AvgIpc) is 2.74. The molecule has 10 heavy (non-hydrogen) atoms. The number of ether oxygens (including phenoxy) is 1. The van der Waals surface area contributed by atoms with Gasteiger partial charge >= 0.3 is 6.01 Å². The van der Waals surface area contributed by atoms with Crippen LogP contribution in [0.5, 0.6) is 6.01 Å². The molecule has 1 aliphatic rings. The van der Waals surface area contributed by atoms with Gasteiger partial charge < -0.3 is 4.74 Å². The van der Waals surface area contributed by atoms with Crippen LogP contribution in [-0.4, -0.2) is 21.3 Å². The highest BCUT2D eigenvalue weighted by Crippen LogP contribution is 2.23. The van der Waals surface area contributed by atoms with E-state index in [1.807, 2.05) is 0 Å². The lowest BCUT2D eigenvalue weighted by Gasteiger charge is -1.97. The van der Waals surface area contributed by atoms with E-state index >= 15 is 0 Å². The molecule has 0 atom stereocenters. The summed E-state index contributed by atoms with van der Waals surface area (Å²) in [5, 5.41) is 7.30. The molecule has 2 rings (SSSR count). The van der Waals surface area contributed by atoms with Crippen molar-refractivity contribution in [1.29, 1.82) is 0 Å². The topological polar surface area (TPSA) is 47.9 Å². The third kappa shape index (κ3) is 1.21. The van der Waals surface area contributed by atoms with Gasteiger partial charge in [-0.15, -0.1) is 0 Å². The van der Waals surface area contributed by atoms with Crippen molar-refractivity contribution >= 4 is 0 Å². The number of hydrogen-bond donors (Lipinski definition) is 0. The molecule has 0 N–H and O–H groups in total. The molecule has 1 aromatic rings. The maximum absolute atomic E-state index is 5.24. The minimum Gasteiger partial charge on any atom is -0.459 e. The van der Waals surface area contributed by atoms with Gasteiger partial charge in [-0.25, -0.2) is 4.98 Å². The van der Waals surface area contributed by atoms with Crippen LogP contribution in [-0.2, 0) is 0 Å². The van der Waals surface area contributed by atoms with Gasteiger partial charge in [-0.05, 0) is 12.8 Å². The van der Waals surface area contributed by atoms with Gasteiger partial charge in [-0.3, -0.25) is 0 Å². The maximum Gasteiger partial charge on any atom is 0.335 e. The standard InChI is InChI=1S/C6H7N3O/c1-2-5(1)10-6-7-3-4-8-9-6/h3-5H,1-2H2. The molecule has 4 heteroatoms. The fourth-order valence-electron chi connectivity index (χ4n) is 0.624. The van der Waals surface area contributed by atoms with Crippen LogP contribution in [0.15, 0.2) is 12.4 Å². The Morgan fingerprint density at radius 3 is 2.90 bits per heavy atom. The second-order valence-electron chi connectivity index (χ2n) is 2.24. The van der Waals surface area contributed by atoms with E-state index in [9.17, 15) is 0 Å². The van der Waals surface area contributed by atoms with Crippen LogP contribution < -0.4 is 4.74 Å². The van der Waals surface area contributed by atoms with Crippen molar-refractivity contribution in [2.75, 3.05) is 0 Å². The van der Waals surface area contributed by atoms with Crippen LogP contribution in [0, 0.1) is 0 Å². The van der Waals surface area contributed by atoms with Crippen molar-refractivity contribution < 1.29 is 4.74 Å². The second-order valence-corrected chi connectivity index (χ2v) is 2.24. The number of nitrogens with zero attached hydrogens (tertiary/aromatic N) is 3. The molecule has 4 nitrogen and oxygen atoms in total. The van der Waals surface area contributed by atoms with Crippen molar-refractivity contribution in [3.05, 3.63) is 12.4 Å². The Balaban J connectivity index is 2.03. The fourth-order valence-corrected chi connectivity index (χ4v) is 0.624. The lowest BCUT2D eigenvalue weighted by molar-refractivity contribution is 0.274. The molecule has 0 amide bonds. The predicted molar refractivity (Wildman–Crippen MR) is 33.5 cm³/mol. The zero-order valence-corrected chi connectivity index (χ0v) is 5.40. The van der Waals surface area contributed by atoms with Crippen LogP contribution >= 0.6 is 0 Å². The van der Waals surface area contributed by atoms with Gasteiger partial charge in [0.05, 0.1) is 12.4 Å². The SMILES string of the molecule is c1cnc(OC2CC2)nn1. The van der Waals surface area contributed by atoms with Gasteiger partial charge in [-0.1, -0.05) is 5.10 Å². The molecule has 0 spiro atoms. The monoisotopic (exact) mass is 137 g/mol. The molecule has 0 aliphatic heterocycles. The summed E-state index contributed by atoms with van der Waals surface area (Å²) in [6.45, 7) is 0. The quantitative estimate of drug-likeness (QED) is 0.592. The van der Waals surface area contributed by atoms with Gasteiger partial charge in [-0.2, -0.15) is 5.10 Å². The summed E-state index contributed by atoms with van der Waals surface area (Å²) >= 11 is 0. The third-order valence-electron chi connectivity index (χ3n) is 1.26. The molecule has 52 valence electrons. The van der Waals surface area contributed by atoms with Crippen molar-refractivity contribution in [1.82, 2.24) is 15.2 Å². The second kappa shape index (κ2) is 2.21. The Morgan fingerprint density at radius 1 is 1.40 bits per heavy atom. The number of rotatable bonds is 2. The lowest BCUT2D eigenvalue weighted by Crippen LogP contribution is -2.00. The summed E-state index contributed by atoms with van der Waals surface area (Å²) in [5.74, 6) is 0. The Labute approximate surface area is 58.3 Å². The molecule has 1 fully saturated rings. The van der Waals surface area contributed by atoms with Gasteiger partial charge in [0.2, 0.25) is 0 Å². The summed E-state index contributed by atoms with van der Waals surface area (Å²) < 4.78 is 5.24. The maximum atomic E-state index is 5.24. The first-order valence-electron chi connectivity index (χ1n) is 3.25. The van der Waals surface area contributed by atoms with Crippen LogP contribution in [0.1, 0.15) is 12.8 Å². The van der Waals surface area contributed by atoms with Crippen LogP contribution in [0.3, 0.4) is 0 Å². The molecule has 0 bridgehead atoms. The van der Waals surface area contributed by atoms with Gasteiger partial charge in [0.25, 0.3) is 0 Å².